The smallest absolute Gasteiger partial charge is 0.0383 e. The molecule has 2 rings (SSSR count). The number of nitrogens with zero attached hydrogens (tertiary/aromatic N) is 1. The van der Waals surface area contributed by atoms with Crippen molar-refractivity contribution in [1.29, 1.82) is 0 Å². The summed E-state index contributed by atoms with van der Waals surface area (Å²) in [5.41, 5.74) is 1.41. The van der Waals surface area contributed by atoms with Gasteiger partial charge in [-0.1, -0.05) is 36.4 Å². The summed E-state index contributed by atoms with van der Waals surface area (Å²) in [7, 11) is 0. The lowest BCUT2D eigenvalue weighted by Crippen LogP contribution is -2.45. The van der Waals surface area contributed by atoms with Crippen molar-refractivity contribution in [2.75, 3.05) is 26.2 Å². The molecule has 0 amide bonds. The second-order valence-electron chi connectivity index (χ2n) is 4.24. The number of rotatable bonds is 4. The number of halogens is 2. The van der Waals surface area contributed by atoms with E-state index in [4.69, 9.17) is 0 Å². The Labute approximate surface area is 122 Å². The summed E-state index contributed by atoms with van der Waals surface area (Å²) in [4.78, 5) is 2.55. The molecule has 1 N–H and O–H groups in total. The Morgan fingerprint density at radius 3 is 2.33 bits per heavy atom. The van der Waals surface area contributed by atoms with E-state index in [0.717, 1.165) is 32.6 Å². The minimum absolute atomic E-state index is 0. The summed E-state index contributed by atoms with van der Waals surface area (Å²) < 4.78 is 0. The topological polar surface area (TPSA) is 15.3 Å². The summed E-state index contributed by atoms with van der Waals surface area (Å²) in [6.07, 6.45) is 3.06. The first-order chi connectivity index (χ1) is 7.92. The quantitative estimate of drug-likeness (QED) is 0.857. The van der Waals surface area contributed by atoms with Gasteiger partial charge >= 0.3 is 0 Å². The van der Waals surface area contributed by atoms with Gasteiger partial charge in [0.25, 0.3) is 0 Å². The van der Waals surface area contributed by atoms with Gasteiger partial charge in [-0.15, -0.1) is 31.4 Å². The van der Waals surface area contributed by atoms with E-state index < -0.39 is 0 Å². The number of benzene rings is 1. The Bertz CT molecular complexity index is 324. The molecule has 1 aliphatic heterocycles. The van der Waals surface area contributed by atoms with Crippen LogP contribution < -0.4 is 5.32 Å². The zero-order valence-corrected chi connectivity index (χ0v) is 12.2. The van der Waals surface area contributed by atoms with E-state index in [1.54, 1.807) is 0 Å². The molecule has 0 bridgehead atoms. The van der Waals surface area contributed by atoms with Crippen LogP contribution in [0, 0.1) is 0 Å². The maximum absolute atomic E-state index is 3.88. The summed E-state index contributed by atoms with van der Waals surface area (Å²) in [6.45, 7) is 8.34. The van der Waals surface area contributed by atoms with Crippen LogP contribution in [-0.2, 0) is 0 Å². The Morgan fingerprint density at radius 2 is 1.78 bits per heavy atom. The molecule has 2 nitrogen and oxygen atoms in total. The van der Waals surface area contributed by atoms with Crippen LogP contribution in [0.3, 0.4) is 0 Å². The lowest BCUT2D eigenvalue weighted by molar-refractivity contribution is 0.174. The van der Waals surface area contributed by atoms with Crippen molar-refractivity contribution in [3.05, 3.63) is 48.6 Å². The highest BCUT2D eigenvalue weighted by Crippen LogP contribution is 2.24. The Kier molecular flexibility index (Phi) is 9.12. The third kappa shape index (κ3) is 4.62. The molecule has 0 aliphatic carbocycles. The molecule has 1 saturated heterocycles. The molecule has 102 valence electrons. The average Bonchev–Trinajstić information content (AvgIpc) is 2.38. The van der Waals surface area contributed by atoms with Crippen LogP contribution in [0.4, 0.5) is 0 Å². The van der Waals surface area contributed by atoms with Crippen molar-refractivity contribution >= 4 is 24.8 Å². The van der Waals surface area contributed by atoms with Gasteiger partial charge in [-0.2, -0.15) is 0 Å². The molecule has 1 aliphatic rings. The van der Waals surface area contributed by atoms with Gasteiger partial charge in [0.2, 0.25) is 0 Å². The van der Waals surface area contributed by atoms with E-state index in [2.05, 4.69) is 47.1 Å². The minimum Gasteiger partial charge on any atom is -0.314 e. The average molecular weight is 289 g/mol. The minimum atomic E-state index is 0. The lowest BCUT2D eigenvalue weighted by Gasteiger charge is -2.34. The Balaban J connectivity index is 0.00000144. The zero-order valence-electron chi connectivity index (χ0n) is 10.5. The highest BCUT2D eigenvalue weighted by molar-refractivity contribution is 5.85. The first-order valence-corrected chi connectivity index (χ1v) is 6.02. The molecule has 1 atom stereocenters. The molecule has 4 heteroatoms. The van der Waals surface area contributed by atoms with Crippen molar-refractivity contribution in [2.24, 2.45) is 0 Å². The summed E-state index contributed by atoms with van der Waals surface area (Å²) >= 11 is 0. The van der Waals surface area contributed by atoms with Crippen LogP contribution >= 0.6 is 24.8 Å². The Hall–Kier alpha value is -0.540. The predicted octanol–water partition coefficient (Wildman–Crippen LogP) is 3.05. The van der Waals surface area contributed by atoms with Crippen molar-refractivity contribution in [2.45, 2.75) is 12.5 Å². The highest BCUT2D eigenvalue weighted by atomic mass is 35.5. The largest absolute Gasteiger partial charge is 0.314 e. The number of hydrogen-bond acceptors (Lipinski definition) is 2. The molecule has 1 fully saturated rings. The molecular formula is C14H22Cl2N2. The monoisotopic (exact) mass is 288 g/mol. The van der Waals surface area contributed by atoms with Gasteiger partial charge in [-0.05, 0) is 12.0 Å². The van der Waals surface area contributed by atoms with Gasteiger partial charge in [0.1, 0.15) is 0 Å². The molecule has 1 aromatic rings. The van der Waals surface area contributed by atoms with Crippen LogP contribution in [0.25, 0.3) is 0 Å². The number of hydrogen-bond donors (Lipinski definition) is 1. The summed E-state index contributed by atoms with van der Waals surface area (Å²) in [5.74, 6) is 0. The highest BCUT2D eigenvalue weighted by Gasteiger charge is 2.20. The number of nitrogens with one attached hydrogen (secondary N) is 1. The van der Waals surface area contributed by atoms with Gasteiger partial charge in [0, 0.05) is 32.2 Å². The fraction of sp³-hybridized carbons (Fsp3) is 0.429. The zero-order chi connectivity index (χ0) is 11.2. The van der Waals surface area contributed by atoms with E-state index >= 15 is 0 Å². The predicted molar refractivity (Wildman–Crippen MR) is 82.9 cm³/mol. The molecule has 18 heavy (non-hydrogen) atoms. The lowest BCUT2D eigenvalue weighted by atomic mass is 10.0. The fourth-order valence-electron chi connectivity index (χ4n) is 2.32. The Morgan fingerprint density at radius 1 is 1.17 bits per heavy atom. The van der Waals surface area contributed by atoms with Gasteiger partial charge in [0.15, 0.2) is 0 Å². The van der Waals surface area contributed by atoms with Crippen LogP contribution in [0.2, 0.25) is 0 Å². The normalized spacial score (nSPS) is 17.1. The first-order valence-electron chi connectivity index (χ1n) is 6.02. The fourth-order valence-corrected chi connectivity index (χ4v) is 2.32. The second-order valence-corrected chi connectivity index (χ2v) is 4.24. The van der Waals surface area contributed by atoms with Crippen molar-refractivity contribution in [1.82, 2.24) is 10.2 Å². The SMILES string of the molecule is C=CC[C@H](c1ccccc1)N1CCNCC1.Cl.Cl. The molecule has 0 radical (unpaired) electrons. The third-order valence-corrected chi connectivity index (χ3v) is 3.17. The first kappa shape index (κ1) is 17.5. The van der Waals surface area contributed by atoms with Crippen LogP contribution in [0.1, 0.15) is 18.0 Å². The molecule has 0 aromatic heterocycles. The second kappa shape index (κ2) is 9.40. The van der Waals surface area contributed by atoms with E-state index in [1.165, 1.54) is 5.56 Å². The number of piperazine rings is 1. The molecule has 1 aromatic carbocycles. The van der Waals surface area contributed by atoms with E-state index in [0.29, 0.717) is 6.04 Å². The van der Waals surface area contributed by atoms with Gasteiger partial charge in [0.05, 0.1) is 0 Å². The molecule has 0 saturated carbocycles. The van der Waals surface area contributed by atoms with Crippen molar-refractivity contribution in [3.8, 4) is 0 Å². The maximum atomic E-state index is 3.88. The molecule has 1 heterocycles. The van der Waals surface area contributed by atoms with Crippen LogP contribution in [0.5, 0.6) is 0 Å². The third-order valence-electron chi connectivity index (χ3n) is 3.17. The molecular weight excluding hydrogens is 267 g/mol. The standard InChI is InChI=1S/C14H20N2.2ClH/c1-2-6-14(13-7-4-3-5-8-13)16-11-9-15-10-12-16;;/h2-5,7-8,14-15H,1,6,9-12H2;2*1H/t14-;;/m1../s1. The van der Waals surface area contributed by atoms with Gasteiger partial charge in [-0.25, -0.2) is 0 Å². The molecule has 0 spiro atoms. The summed E-state index contributed by atoms with van der Waals surface area (Å²) in [5, 5.41) is 3.40. The van der Waals surface area contributed by atoms with Crippen LogP contribution in [0.15, 0.2) is 43.0 Å². The van der Waals surface area contributed by atoms with E-state index in [1.807, 2.05) is 6.08 Å². The van der Waals surface area contributed by atoms with Crippen molar-refractivity contribution in [3.63, 3.8) is 0 Å². The van der Waals surface area contributed by atoms with E-state index in [-0.39, 0.29) is 24.8 Å². The van der Waals surface area contributed by atoms with Gasteiger partial charge < -0.3 is 5.32 Å². The van der Waals surface area contributed by atoms with Gasteiger partial charge in [-0.3, -0.25) is 4.90 Å². The maximum Gasteiger partial charge on any atom is 0.0383 e. The summed E-state index contributed by atoms with van der Waals surface area (Å²) in [6, 6.07) is 11.3. The van der Waals surface area contributed by atoms with Crippen molar-refractivity contribution < 1.29 is 0 Å². The van der Waals surface area contributed by atoms with Crippen LogP contribution in [-0.4, -0.2) is 31.1 Å². The van der Waals surface area contributed by atoms with E-state index in [9.17, 15) is 0 Å². The molecule has 0 unspecified atom stereocenters.